The highest BCUT2D eigenvalue weighted by Crippen LogP contribution is 2.22. The lowest BCUT2D eigenvalue weighted by Crippen LogP contribution is -2.23. The van der Waals surface area contributed by atoms with Gasteiger partial charge in [0.2, 0.25) is 0 Å². The number of rotatable bonds is 8. The van der Waals surface area contributed by atoms with E-state index in [1.54, 1.807) is 6.07 Å². The second kappa shape index (κ2) is 8.32. The average molecular weight is 280 g/mol. The van der Waals surface area contributed by atoms with E-state index < -0.39 is 0 Å². The van der Waals surface area contributed by atoms with E-state index in [-0.39, 0.29) is 11.9 Å². The van der Waals surface area contributed by atoms with Crippen molar-refractivity contribution in [1.82, 2.24) is 10.3 Å². The zero-order valence-electron chi connectivity index (χ0n) is 12.3. The van der Waals surface area contributed by atoms with Gasteiger partial charge in [0.15, 0.2) is 0 Å². The van der Waals surface area contributed by atoms with Crippen LogP contribution < -0.4 is 5.32 Å². The summed E-state index contributed by atoms with van der Waals surface area (Å²) < 4.78 is 18.6. The van der Waals surface area contributed by atoms with E-state index in [4.69, 9.17) is 4.74 Å². The monoisotopic (exact) mass is 280 g/mol. The molecule has 20 heavy (non-hydrogen) atoms. The summed E-state index contributed by atoms with van der Waals surface area (Å²) in [6.45, 7) is 4.03. The maximum atomic E-state index is 13.0. The Morgan fingerprint density at radius 2 is 2.40 bits per heavy atom. The lowest BCUT2D eigenvalue weighted by Gasteiger charge is -2.19. The molecule has 0 radical (unpaired) electrons. The molecule has 2 heterocycles. The van der Waals surface area contributed by atoms with Crippen molar-refractivity contribution in [3.8, 4) is 0 Å². The largest absolute Gasteiger partial charge is 0.378 e. The summed E-state index contributed by atoms with van der Waals surface area (Å²) in [6.07, 6.45) is 8.49. The van der Waals surface area contributed by atoms with Gasteiger partial charge in [0.25, 0.3) is 0 Å². The number of nitrogens with one attached hydrogen (secondary N) is 1. The van der Waals surface area contributed by atoms with Gasteiger partial charge in [-0.2, -0.15) is 0 Å². The van der Waals surface area contributed by atoms with Gasteiger partial charge in [0.1, 0.15) is 5.82 Å². The summed E-state index contributed by atoms with van der Waals surface area (Å²) in [6, 6.07) is 3.49. The molecule has 1 N–H and O–H groups in total. The van der Waals surface area contributed by atoms with Crippen LogP contribution in [-0.4, -0.2) is 24.2 Å². The molecule has 0 aliphatic carbocycles. The Labute approximate surface area is 120 Å². The molecule has 2 atom stereocenters. The SMILES string of the molecule is CCCNC(CCCC1CCCO1)c1ccc(F)cn1. The number of aromatic nitrogens is 1. The fourth-order valence-electron chi connectivity index (χ4n) is 2.69. The second-order valence-corrected chi connectivity index (χ2v) is 5.47. The topological polar surface area (TPSA) is 34.1 Å². The number of pyridine rings is 1. The molecule has 0 saturated carbocycles. The smallest absolute Gasteiger partial charge is 0.141 e. The van der Waals surface area contributed by atoms with Gasteiger partial charge in [-0.05, 0) is 57.2 Å². The fourth-order valence-corrected chi connectivity index (χ4v) is 2.69. The van der Waals surface area contributed by atoms with Crippen LogP contribution in [0.1, 0.15) is 57.2 Å². The van der Waals surface area contributed by atoms with Crippen LogP contribution in [0.15, 0.2) is 18.3 Å². The molecule has 1 aromatic rings. The molecule has 0 bridgehead atoms. The van der Waals surface area contributed by atoms with Crippen LogP contribution in [0.3, 0.4) is 0 Å². The number of halogens is 1. The van der Waals surface area contributed by atoms with E-state index in [1.807, 2.05) is 0 Å². The van der Waals surface area contributed by atoms with Crippen LogP contribution in [0.4, 0.5) is 4.39 Å². The van der Waals surface area contributed by atoms with Crippen molar-refractivity contribution < 1.29 is 9.13 Å². The van der Waals surface area contributed by atoms with Gasteiger partial charge < -0.3 is 10.1 Å². The van der Waals surface area contributed by atoms with Gasteiger partial charge in [0.05, 0.1) is 18.0 Å². The summed E-state index contributed by atoms with van der Waals surface area (Å²) >= 11 is 0. The second-order valence-electron chi connectivity index (χ2n) is 5.47. The third kappa shape index (κ3) is 4.84. The molecule has 1 fully saturated rings. The van der Waals surface area contributed by atoms with E-state index >= 15 is 0 Å². The summed E-state index contributed by atoms with van der Waals surface area (Å²) in [4.78, 5) is 4.21. The summed E-state index contributed by atoms with van der Waals surface area (Å²) in [5.74, 6) is -0.276. The standard InChI is InChI=1S/C16H25FN2O/c1-2-10-18-15(16-9-8-13(17)12-19-16)7-3-5-14-6-4-11-20-14/h8-9,12,14-15,18H,2-7,10-11H2,1H3. The first-order valence-electron chi connectivity index (χ1n) is 7.76. The molecule has 0 spiro atoms. The first kappa shape index (κ1) is 15.4. The normalized spacial score (nSPS) is 20.2. The van der Waals surface area contributed by atoms with Crippen molar-refractivity contribution in [2.45, 2.75) is 57.6 Å². The minimum Gasteiger partial charge on any atom is -0.378 e. The van der Waals surface area contributed by atoms with Crippen molar-refractivity contribution in [2.75, 3.05) is 13.2 Å². The van der Waals surface area contributed by atoms with Crippen molar-refractivity contribution in [3.05, 3.63) is 29.8 Å². The molecule has 0 amide bonds. The van der Waals surface area contributed by atoms with Crippen molar-refractivity contribution in [1.29, 1.82) is 0 Å². The van der Waals surface area contributed by atoms with E-state index in [0.29, 0.717) is 6.10 Å². The quantitative estimate of drug-likeness (QED) is 0.790. The maximum Gasteiger partial charge on any atom is 0.141 e. The predicted molar refractivity (Wildman–Crippen MR) is 78.1 cm³/mol. The van der Waals surface area contributed by atoms with Gasteiger partial charge in [-0.15, -0.1) is 0 Å². The van der Waals surface area contributed by atoms with Crippen LogP contribution in [0.5, 0.6) is 0 Å². The molecule has 1 aliphatic rings. The Morgan fingerprint density at radius 3 is 3.05 bits per heavy atom. The molecule has 112 valence electrons. The minimum absolute atomic E-state index is 0.219. The first-order chi connectivity index (χ1) is 9.79. The van der Waals surface area contributed by atoms with E-state index in [0.717, 1.165) is 44.5 Å². The highest BCUT2D eigenvalue weighted by atomic mass is 19.1. The molecule has 1 aromatic heterocycles. The Bertz CT molecular complexity index is 377. The molecule has 1 aliphatic heterocycles. The van der Waals surface area contributed by atoms with Crippen LogP contribution in [0.2, 0.25) is 0 Å². The zero-order chi connectivity index (χ0) is 14.2. The van der Waals surface area contributed by atoms with Gasteiger partial charge in [0, 0.05) is 12.6 Å². The van der Waals surface area contributed by atoms with Crippen molar-refractivity contribution in [3.63, 3.8) is 0 Å². The maximum absolute atomic E-state index is 13.0. The third-order valence-electron chi connectivity index (χ3n) is 3.79. The van der Waals surface area contributed by atoms with E-state index in [1.165, 1.54) is 25.1 Å². The third-order valence-corrected chi connectivity index (χ3v) is 3.79. The lowest BCUT2D eigenvalue weighted by molar-refractivity contribution is 0.101. The van der Waals surface area contributed by atoms with E-state index in [2.05, 4.69) is 17.2 Å². The Hall–Kier alpha value is -1.00. The molecular formula is C16H25FN2O. The van der Waals surface area contributed by atoms with Crippen molar-refractivity contribution >= 4 is 0 Å². The van der Waals surface area contributed by atoms with Crippen LogP contribution >= 0.6 is 0 Å². The fraction of sp³-hybridized carbons (Fsp3) is 0.688. The Morgan fingerprint density at radius 1 is 1.50 bits per heavy atom. The number of nitrogens with zero attached hydrogens (tertiary/aromatic N) is 1. The average Bonchev–Trinajstić information content (AvgIpc) is 2.97. The summed E-state index contributed by atoms with van der Waals surface area (Å²) in [5.41, 5.74) is 0.937. The lowest BCUT2D eigenvalue weighted by atomic mass is 10.0. The van der Waals surface area contributed by atoms with Gasteiger partial charge in [-0.1, -0.05) is 6.92 Å². The molecule has 4 heteroatoms. The summed E-state index contributed by atoms with van der Waals surface area (Å²) in [7, 11) is 0. The zero-order valence-corrected chi connectivity index (χ0v) is 12.3. The number of hydrogen-bond acceptors (Lipinski definition) is 3. The first-order valence-corrected chi connectivity index (χ1v) is 7.76. The number of ether oxygens (including phenoxy) is 1. The molecule has 1 saturated heterocycles. The highest BCUT2D eigenvalue weighted by molar-refractivity contribution is 5.09. The molecule has 2 unspecified atom stereocenters. The minimum atomic E-state index is -0.276. The molecule has 0 aromatic carbocycles. The van der Waals surface area contributed by atoms with Crippen LogP contribution in [0.25, 0.3) is 0 Å². The molecule has 3 nitrogen and oxygen atoms in total. The Kier molecular flexibility index (Phi) is 6.40. The summed E-state index contributed by atoms with van der Waals surface area (Å²) in [5, 5.41) is 3.50. The molecular weight excluding hydrogens is 255 g/mol. The van der Waals surface area contributed by atoms with Crippen LogP contribution in [0, 0.1) is 5.82 Å². The predicted octanol–water partition coefficient (Wildman–Crippen LogP) is 3.61. The van der Waals surface area contributed by atoms with Gasteiger partial charge in [-0.3, -0.25) is 4.98 Å². The Balaban J connectivity index is 1.84. The van der Waals surface area contributed by atoms with Gasteiger partial charge >= 0.3 is 0 Å². The van der Waals surface area contributed by atoms with E-state index in [9.17, 15) is 4.39 Å². The van der Waals surface area contributed by atoms with Crippen LogP contribution in [-0.2, 0) is 4.74 Å². The van der Waals surface area contributed by atoms with Gasteiger partial charge in [-0.25, -0.2) is 4.39 Å². The highest BCUT2D eigenvalue weighted by Gasteiger charge is 2.17. The number of hydrogen-bond donors (Lipinski definition) is 1. The molecule has 2 rings (SSSR count). The van der Waals surface area contributed by atoms with Crippen molar-refractivity contribution in [2.24, 2.45) is 0 Å².